The van der Waals surface area contributed by atoms with Crippen molar-refractivity contribution in [3.05, 3.63) is 16.8 Å². The number of fused-ring (bicyclic) bond motifs is 1. The Hall–Kier alpha value is -1.98. The van der Waals surface area contributed by atoms with Gasteiger partial charge in [-0.1, -0.05) is 0 Å². The van der Waals surface area contributed by atoms with Crippen LogP contribution in [0.1, 0.15) is 41.4 Å². The highest BCUT2D eigenvalue weighted by Crippen LogP contribution is 2.32. The first-order valence-electron chi connectivity index (χ1n) is 6.89. The van der Waals surface area contributed by atoms with Gasteiger partial charge in [0.1, 0.15) is 11.4 Å². The molecule has 2 N–H and O–H groups in total. The van der Waals surface area contributed by atoms with Crippen molar-refractivity contribution < 1.29 is 14.3 Å². The number of anilines is 1. The number of nitrogen functional groups attached to an aromatic ring is 1. The van der Waals surface area contributed by atoms with Crippen LogP contribution in [0.3, 0.4) is 0 Å². The van der Waals surface area contributed by atoms with E-state index < -0.39 is 5.97 Å². The molecule has 110 valence electrons. The van der Waals surface area contributed by atoms with E-state index in [9.17, 15) is 9.59 Å². The second-order valence-electron chi connectivity index (χ2n) is 5.13. The first-order valence-corrected chi connectivity index (χ1v) is 6.89. The fourth-order valence-corrected chi connectivity index (χ4v) is 2.67. The quantitative estimate of drug-likeness (QED) is 0.835. The molecule has 1 heterocycles. The van der Waals surface area contributed by atoms with Crippen molar-refractivity contribution in [1.29, 1.82) is 0 Å². The number of carbonyl (C=O) groups excluding carboxylic acids is 2. The lowest BCUT2D eigenvalue weighted by molar-refractivity contribution is 0.0526. The summed E-state index contributed by atoms with van der Waals surface area (Å²) in [6.45, 7) is 2.04. The second-order valence-corrected chi connectivity index (χ2v) is 5.13. The highest BCUT2D eigenvalue weighted by Gasteiger charge is 2.31. The number of aromatic nitrogens is 1. The van der Waals surface area contributed by atoms with Gasteiger partial charge in [0, 0.05) is 19.8 Å². The van der Waals surface area contributed by atoms with Gasteiger partial charge < -0.3 is 15.4 Å². The number of amides is 1. The molecule has 0 unspecified atom stereocenters. The summed E-state index contributed by atoms with van der Waals surface area (Å²) in [5.74, 6) is -0.234. The Morgan fingerprint density at radius 1 is 1.30 bits per heavy atom. The van der Waals surface area contributed by atoms with E-state index in [1.165, 1.54) is 9.47 Å². The molecule has 0 aliphatic heterocycles. The van der Waals surface area contributed by atoms with Gasteiger partial charge in [-0.05, 0) is 38.2 Å². The molecule has 20 heavy (non-hydrogen) atoms. The first-order chi connectivity index (χ1) is 9.49. The Labute approximate surface area is 118 Å². The highest BCUT2D eigenvalue weighted by atomic mass is 16.5. The molecule has 0 spiro atoms. The molecular formula is C14H21N3O3. The fraction of sp³-hybridized carbons (Fsp3) is 0.571. The normalized spacial score (nSPS) is 13.8. The van der Waals surface area contributed by atoms with E-state index in [1.807, 2.05) is 0 Å². The minimum atomic E-state index is -0.437. The van der Waals surface area contributed by atoms with Crippen LogP contribution < -0.4 is 5.73 Å². The number of nitrogens with two attached hydrogens (primary N) is 1. The molecule has 1 aliphatic carbocycles. The monoisotopic (exact) mass is 279 g/mol. The van der Waals surface area contributed by atoms with Crippen molar-refractivity contribution >= 4 is 17.8 Å². The lowest BCUT2D eigenvalue weighted by Crippen LogP contribution is -2.30. The molecule has 2 rings (SSSR count). The number of nitrogens with zero attached hydrogens (tertiary/aromatic N) is 2. The summed E-state index contributed by atoms with van der Waals surface area (Å²) in [5, 5.41) is 0. The molecule has 1 aliphatic rings. The minimum absolute atomic E-state index is 0.203. The maximum Gasteiger partial charge on any atom is 0.342 e. The molecule has 0 bridgehead atoms. The Kier molecular flexibility index (Phi) is 4.01. The first kappa shape index (κ1) is 14.4. The van der Waals surface area contributed by atoms with Crippen LogP contribution in [0, 0.1) is 0 Å². The molecule has 1 amide bonds. The largest absolute Gasteiger partial charge is 0.462 e. The number of rotatable bonds is 2. The molecular weight excluding hydrogens is 258 g/mol. The summed E-state index contributed by atoms with van der Waals surface area (Å²) in [6.07, 6.45) is 3.53. The van der Waals surface area contributed by atoms with Crippen molar-refractivity contribution in [1.82, 2.24) is 9.47 Å². The van der Waals surface area contributed by atoms with E-state index in [0.29, 0.717) is 12.2 Å². The van der Waals surface area contributed by atoms with Crippen LogP contribution in [0.2, 0.25) is 0 Å². The summed E-state index contributed by atoms with van der Waals surface area (Å²) in [7, 11) is 3.34. The molecule has 0 radical (unpaired) electrons. The highest BCUT2D eigenvalue weighted by molar-refractivity contribution is 5.99. The molecule has 6 nitrogen and oxygen atoms in total. The zero-order valence-electron chi connectivity index (χ0n) is 12.2. The average molecular weight is 279 g/mol. The number of hydrogen-bond acceptors (Lipinski definition) is 4. The van der Waals surface area contributed by atoms with Crippen LogP contribution in [0.15, 0.2) is 0 Å². The van der Waals surface area contributed by atoms with E-state index in [2.05, 4.69) is 0 Å². The SMILES string of the molecule is CCOC(=O)c1c2c(n(C(=O)N(C)C)c1N)CCCC2. The Morgan fingerprint density at radius 3 is 2.55 bits per heavy atom. The minimum Gasteiger partial charge on any atom is -0.462 e. The summed E-state index contributed by atoms with van der Waals surface area (Å²) in [6, 6.07) is -0.226. The summed E-state index contributed by atoms with van der Waals surface area (Å²) in [5.41, 5.74) is 8.17. The summed E-state index contributed by atoms with van der Waals surface area (Å²) in [4.78, 5) is 25.8. The predicted octanol–water partition coefficient (Wildman–Crippen LogP) is 1.66. The molecule has 0 saturated carbocycles. The molecule has 0 fully saturated rings. The van der Waals surface area contributed by atoms with Gasteiger partial charge in [-0.15, -0.1) is 0 Å². The van der Waals surface area contributed by atoms with Crippen molar-refractivity contribution in [2.24, 2.45) is 0 Å². The molecule has 1 aromatic heterocycles. The molecule has 1 aromatic rings. The van der Waals surface area contributed by atoms with Crippen LogP contribution in [0.25, 0.3) is 0 Å². The van der Waals surface area contributed by atoms with Gasteiger partial charge in [-0.3, -0.25) is 4.57 Å². The standard InChI is InChI=1S/C14H21N3O3/c1-4-20-13(18)11-9-7-5-6-8-10(9)17(12(11)15)14(19)16(2)3/h4-8,15H2,1-3H3. The summed E-state index contributed by atoms with van der Waals surface area (Å²) < 4.78 is 6.53. The molecule has 0 atom stereocenters. The zero-order chi connectivity index (χ0) is 14.9. The maximum atomic E-state index is 12.3. The molecule has 0 aromatic carbocycles. The van der Waals surface area contributed by atoms with Crippen LogP contribution in [0.4, 0.5) is 10.6 Å². The topological polar surface area (TPSA) is 77.6 Å². The Balaban J connectivity index is 2.58. The van der Waals surface area contributed by atoms with Gasteiger partial charge >= 0.3 is 12.0 Å². The number of esters is 1. The third-order valence-corrected chi connectivity index (χ3v) is 3.56. The van der Waals surface area contributed by atoms with Gasteiger partial charge in [-0.25, -0.2) is 9.59 Å². The lowest BCUT2D eigenvalue weighted by atomic mass is 9.95. The predicted molar refractivity (Wildman–Crippen MR) is 75.9 cm³/mol. The van der Waals surface area contributed by atoms with E-state index >= 15 is 0 Å². The zero-order valence-corrected chi connectivity index (χ0v) is 12.2. The maximum absolute atomic E-state index is 12.3. The van der Waals surface area contributed by atoms with E-state index in [4.69, 9.17) is 10.5 Å². The number of hydrogen-bond donors (Lipinski definition) is 1. The average Bonchev–Trinajstić information content (AvgIpc) is 2.70. The smallest absolute Gasteiger partial charge is 0.342 e. The molecule has 0 saturated heterocycles. The third-order valence-electron chi connectivity index (χ3n) is 3.56. The van der Waals surface area contributed by atoms with Gasteiger partial charge in [0.2, 0.25) is 0 Å². The van der Waals surface area contributed by atoms with Crippen molar-refractivity contribution in [3.8, 4) is 0 Å². The van der Waals surface area contributed by atoms with E-state index in [0.717, 1.165) is 36.9 Å². The number of carbonyl (C=O) groups is 2. The van der Waals surface area contributed by atoms with Crippen LogP contribution in [0.5, 0.6) is 0 Å². The van der Waals surface area contributed by atoms with Gasteiger partial charge in [0.15, 0.2) is 0 Å². The van der Waals surface area contributed by atoms with Gasteiger partial charge in [0.25, 0.3) is 0 Å². The fourth-order valence-electron chi connectivity index (χ4n) is 2.67. The van der Waals surface area contributed by atoms with Gasteiger partial charge in [0.05, 0.1) is 6.61 Å². The van der Waals surface area contributed by atoms with Crippen molar-refractivity contribution in [2.45, 2.75) is 32.6 Å². The molecule has 6 heteroatoms. The van der Waals surface area contributed by atoms with E-state index in [1.54, 1.807) is 21.0 Å². The third kappa shape index (κ3) is 2.26. The Morgan fingerprint density at radius 2 is 1.95 bits per heavy atom. The second kappa shape index (κ2) is 5.56. The Bertz CT molecular complexity index is 546. The van der Waals surface area contributed by atoms with Crippen molar-refractivity contribution in [2.75, 3.05) is 26.4 Å². The van der Waals surface area contributed by atoms with Gasteiger partial charge in [-0.2, -0.15) is 0 Å². The van der Waals surface area contributed by atoms with Crippen LogP contribution in [-0.2, 0) is 17.6 Å². The lowest BCUT2D eigenvalue weighted by Gasteiger charge is -2.18. The van der Waals surface area contributed by atoms with Crippen LogP contribution in [-0.4, -0.2) is 42.2 Å². The van der Waals surface area contributed by atoms with Crippen LogP contribution >= 0.6 is 0 Å². The van der Waals surface area contributed by atoms with Crippen molar-refractivity contribution in [3.63, 3.8) is 0 Å². The van der Waals surface area contributed by atoms with E-state index in [-0.39, 0.29) is 11.8 Å². The number of ether oxygens (including phenoxy) is 1. The summed E-state index contributed by atoms with van der Waals surface area (Å²) >= 11 is 0.